The van der Waals surface area contributed by atoms with Gasteiger partial charge in [0.2, 0.25) is 5.88 Å². The van der Waals surface area contributed by atoms with Gasteiger partial charge in [0.25, 0.3) is 0 Å². The minimum Gasteiger partial charge on any atom is -0.474 e. The molecule has 0 aliphatic rings. The Bertz CT molecular complexity index is 435. The van der Waals surface area contributed by atoms with Crippen molar-refractivity contribution >= 4 is 0 Å². The highest BCUT2D eigenvalue weighted by atomic mass is 16.5. The normalized spacial score (nSPS) is 13.5. The molecule has 0 saturated carbocycles. The Balaban J connectivity index is 2.98. The maximum atomic E-state index is 6.02. The Morgan fingerprint density at radius 2 is 1.86 bits per heavy atom. The molecule has 1 aromatic rings. The Labute approximate surface area is 130 Å². The molecular formula is C18H32N2O. The van der Waals surface area contributed by atoms with Crippen molar-refractivity contribution in [2.45, 2.75) is 73.0 Å². The summed E-state index contributed by atoms with van der Waals surface area (Å²) in [4.78, 5) is 4.71. The summed E-state index contributed by atoms with van der Waals surface area (Å²) in [6.45, 7) is 17.1. The molecule has 1 unspecified atom stereocenters. The van der Waals surface area contributed by atoms with E-state index in [9.17, 15) is 0 Å². The highest BCUT2D eigenvalue weighted by Crippen LogP contribution is 2.25. The van der Waals surface area contributed by atoms with Crippen molar-refractivity contribution in [2.75, 3.05) is 6.54 Å². The molecule has 3 nitrogen and oxygen atoms in total. The number of pyridine rings is 1. The Morgan fingerprint density at radius 3 is 2.38 bits per heavy atom. The lowest BCUT2D eigenvalue weighted by atomic mass is 9.91. The third-order valence-corrected chi connectivity index (χ3v) is 3.63. The first-order valence-electron chi connectivity index (χ1n) is 8.12. The molecule has 1 N–H and O–H groups in total. The summed E-state index contributed by atoms with van der Waals surface area (Å²) >= 11 is 0. The smallest absolute Gasteiger partial charge is 0.214 e. The minimum atomic E-state index is 0.0277. The lowest BCUT2D eigenvalue weighted by Gasteiger charge is -2.22. The second-order valence-electron chi connectivity index (χ2n) is 7.19. The zero-order valence-corrected chi connectivity index (χ0v) is 14.8. The molecule has 120 valence electrons. The fraction of sp³-hybridized carbons (Fsp3) is 0.722. The molecule has 0 amide bonds. The molecule has 0 fully saturated rings. The van der Waals surface area contributed by atoms with E-state index in [1.807, 2.05) is 0 Å². The average Bonchev–Trinajstić information content (AvgIpc) is 2.37. The monoisotopic (exact) mass is 292 g/mol. The van der Waals surface area contributed by atoms with E-state index in [1.165, 1.54) is 5.56 Å². The second-order valence-corrected chi connectivity index (χ2v) is 7.19. The van der Waals surface area contributed by atoms with Crippen LogP contribution >= 0.6 is 0 Å². The maximum absolute atomic E-state index is 6.02. The number of nitrogens with one attached hydrogen (secondary N) is 1. The quantitative estimate of drug-likeness (QED) is 0.761. The van der Waals surface area contributed by atoms with Gasteiger partial charge in [0, 0.05) is 18.0 Å². The topological polar surface area (TPSA) is 34.1 Å². The molecule has 0 saturated heterocycles. The fourth-order valence-corrected chi connectivity index (χ4v) is 1.84. The summed E-state index contributed by atoms with van der Waals surface area (Å²) in [5, 5.41) is 3.45. The van der Waals surface area contributed by atoms with Crippen LogP contribution in [0, 0.1) is 5.92 Å². The summed E-state index contributed by atoms with van der Waals surface area (Å²) in [7, 11) is 0. The molecule has 0 aliphatic heterocycles. The van der Waals surface area contributed by atoms with Crippen molar-refractivity contribution in [3.05, 3.63) is 23.4 Å². The average molecular weight is 292 g/mol. The van der Waals surface area contributed by atoms with Gasteiger partial charge in [0.15, 0.2) is 0 Å². The van der Waals surface area contributed by atoms with Crippen LogP contribution in [-0.4, -0.2) is 17.6 Å². The van der Waals surface area contributed by atoms with Gasteiger partial charge in [0.1, 0.15) is 0 Å². The van der Waals surface area contributed by atoms with Crippen LogP contribution in [0.3, 0.4) is 0 Å². The molecule has 21 heavy (non-hydrogen) atoms. The van der Waals surface area contributed by atoms with Gasteiger partial charge in [0.05, 0.1) is 11.8 Å². The summed E-state index contributed by atoms with van der Waals surface area (Å²) in [6.07, 6.45) is 1.31. The summed E-state index contributed by atoms with van der Waals surface area (Å²) in [5.74, 6) is 1.23. The number of aromatic nitrogens is 1. The first-order chi connectivity index (χ1) is 9.74. The fourth-order valence-electron chi connectivity index (χ4n) is 1.84. The Kier molecular flexibility index (Phi) is 6.66. The van der Waals surface area contributed by atoms with E-state index in [0.717, 1.165) is 31.1 Å². The van der Waals surface area contributed by atoms with Gasteiger partial charge in [-0.15, -0.1) is 0 Å². The first kappa shape index (κ1) is 18.0. The molecular weight excluding hydrogens is 260 g/mol. The maximum Gasteiger partial charge on any atom is 0.214 e. The summed E-state index contributed by atoms with van der Waals surface area (Å²) in [5.41, 5.74) is 2.36. The van der Waals surface area contributed by atoms with Crippen molar-refractivity contribution in [3.63, 3.8) is 0 Å². The molecule has 0 spiro atoms. The first-order valence-corrected chi connectivity index (χ1v) is 8.12. The van der Waals surface area contributed by atoms with Crippen LogP contribution in [0.25, 0.3) is 0 Å². The van der Waals surface area contributed by atoms with Gasteiger partial charge in [-0.1, -0.05) is 41.5 Å². The van der Waals surface area contributed by atoms with E-state index in [1.54, 1.807) is 0 Å². The number of nitrogens with zero attached hydrogens (tertiary/aromatic N) is 1. The number of hydrogen-bond donors (Lipinski definition) is 1. The standard InChI is InChI=1S/C18H32N2O/c1-8-9-19-12-15-10-16(18(5,6)7)20-17(11-15)21-14(4)13(2)3/h10-11,13-14,19H,8-9,12H2,1-7H3. The van der Waals surface area contributed by atoms with E-state index in [4.69, 9.17) is 9.72 Å². The Hall–Kier alpha value is -1.09. The lowest BCUT2D eigenvalue weighted by molar-refractivity contribution is 0.162. The molecule has 0 aromatic carbocycles. The van der Waals surface area contributed by atoms with Crippen LogP contribution in [0.15, 0.2) is 12.1 Å². The molecule has 0 radical (unpaired) electrons. The van der Waals surface area contributed by atoms with E-state index >= 15 is 0 Å². The van der Waals surface area contributed by atoms with Crippen molar-refractivity contribution in [1.82, 2.24) is 10.3 Å². The molecule has 0 bridgehead atoms. The third kappa shape index (κ3) is 6.04. The van der Waals surface area contributed by atoms with Gasteiger partial charge in [-0.3, -0.25) is 0 Å². The van der Waals surface area contributed by atoms with Gasteiger partial charge in [-0.2, -0.15) is 0 Å². The zero-order valence-electron chi connectivity index (χ0n) is 14.8. The molecule has 0 aliphatic carbocycles. The van der Waals surface area contributed by atoms with Crippen molar-refractivity contribution in [2.24, 2.45) is 5.92 Å². The van der Waals surface area contributed by atoms with Gasteiger partial charge in [-0.25, -0.2) is 4.98 Å². The highest BCUT2D eigenvalue weighted by Gasteiger charge is 2.19. The van der Waals surface area contributed by atoms with E-state index in [0.29, 0.717) is 5.92 Å². The van der Waals surface area contributed by atoms with Gasteiger partial charge in [-0.05, 0) is 37.4 Å². The SMILES string of the molecule is CCCNCc1cc(OC(C)C(C)C)nc(C(C)(C)C)c1. The lowest BCUT2D eigenvalue weighted by Crippen LogP contribution is -2.22. The third-order valence-electron chi connectivity index (χ3n) is 3.63. The molecule has 1 aromatic heterocycles. The van der Waals surface area contributed by atoms with Gasteiger partial charge >= 0.3 is 0 Å². The molecule has 1 heterocycles. The molecule has 1 atom stereocenters. The van der Waals surface area contributed by atoms with Gasteiger partial charge < -0.3 is 10.1 Å². The number of hydrogen-bond acceptors (Lipinski definition) is 3. The largest absolute Gasteiger partial charge is 0.474 e. The van der Waals surface area contributed by atoms with E-state index < -0.39 is 0 Å². The van der Waals surface area contributed by atoms with Crippen molar-refractivity contribution in [1.29, 1.82) is 0 Å². The van der Waals surface area contributed by atoms with E-state index in [2.05, 4.69) is 65.9 Å². The predicted molar refractivity (Wildman–Crippen MR) is 89.9 cm³/mol. The van der Waals surface area contributed by atoms with Crippen LogP contribution in [0.1, 0.15) is 66.1 Å². The second kappa shape index (κ2) is 7.79. The van der Waals surface area contributed by atoms with Crippen molar-refractivity contribution in [3.8, 4) is 5.88 Å². The summed E-state index contributed by atoms with van der Waals surface area (Å²) in [6, 6.07) is 4.26. The van der Waals surface area contributed by atoms with Crippen LogP contribution < -0.4 is 10.1 Å². The summed E-state index contributed by atoms with van der Waals surface area (Å²) < 4.78 is 6.02. The van der Waals surface area contributed by atoms with Crippen LogP contribution in [-0.2, 0) is 12.0 Å². The Morgan fingerprint density at radius 1 is 1.19 bits per heavy atom. The highest BCUT2D eigenvalue weighted by molar-refractivity contribution is 5.28. The number of rotatable bonds is 7. The molecule has 1 rings (SSSR count). The predicted octanol–water partition coefficient (Wildman–Crippen LogP) is 4.30. The van der Waals surface area contributed by atoms with Crippen LogP contribution in [0.5, 0.6) is 5.88 Å². The van der Waals surface area contributed by atoms with Crippen LogP contribution in [0.4, 0.5) is 0 Å². The van der Waals surface area contributed by atoms with Crippen LogP contribution in [0.2, 0.25) is 0 Å². The van der Waals surface area contributed by atoms with Crippen molar-refractivity contribution < 1.29 is 4.74 Å². The zero-order chi connectivity index (χ0) is 16.0. The molecule has 3 heteroatoms. The minimum absolute atomic E-state index is 0.0277. The van der Waals surface area contributed by atoms with E-state index in [-0.39, 0.29) is 11.5 Å². The number of ether oxygens (including phenoxy) is 1.